The van der Waals surface area contributed by atoms with Crippen LogP contribution < -0.4 is 15.4 Å². The van der Waals surface area contributed by atoms with E-state index in [2.05, 4.69) is 20.2 Å². The summed E-state index contributed by atoms with van der Waals surface area (Å²) in [6.45, 7) is 2.08. The highest BCUT2D eigenvalue weighted by Gasteiger charge is 2.45. The lowest BCUT2D eigenvalue weighted by atomic mass is 10.0. The van der Waals surface area contributed by atoms with Crippen molar-refractivity contribution in [2.45, 2.75) is 25.4 Å². The van der Waals surface area contributed by atoms with E-state index in [1.54, 1.807) is 31.1 Å². The second-order valence-electron chi connectivity index (χ2n) is 7.98. The largest absolute Gasteiger partial charge is 0.497 e. The van der Waals surface area contributed by atoms with Crippen LogP contribution in [-0.4, -0.2) is 57.9 Å². The lowest BCUT2D eigenvalue weighted by Gasteiger charge is -2.24. The lowest BCUT2D eigenvalue weighted by molar-refractivity contribution is -0.120. The summed E-state index contributed by atoms with van der Waals surface area (Å²) in [5.74, 6) is -0.148. The Kier molecular flexibility index (Phi) is 5.29. The van der Waals surface area contributed by atoms with Crippen LogP contribution in [0.4, 0.5) is 5.69 Å². The highest BCUT2D eigenvalue weighted by Crippen LogP contribution is 2.33. The summed E-state index contributed by atoms with van der Waals surface area (Å²) < 4.78 is 9.00. The second-order valence-corrected chi connectivity index (χ2v) is 8.73. The van der Waals surface area contributed by atoms with E-state index in [0.717, 1.165) is 28.4 Å². The van der Waals surface area contributed by atoms with Crippen molar-refractivity contribution in [1.29, 1.82) is 0 Å². The molecule has 10 heteroatoms. The Morgan fingerprint density at radius 1 is 1.18 bits per heavy atom. The van der Waals surface area contributed by atoms with Crippen molar-refractivity contribution in [1.82, 2.24) is 19.8 Å². The number of amides is 3. The minimum atomic E-state index is -0.792. The van der Waals surface area contributed by atoms with E-state index in [-0.39, 0.29) is 17.7 Å². The summed E-state index contributed by atoms with van der Waals surface area (Å²) in [5, 5.41) is 9.64. The number of rotatable bonds is 4. The number of ether oxygens (including phenoxy) is 1. The van der Waals surface area contributed by atoms with Gasteiger partial charge in [0.15, 0.2) is 0 Å². The summed E-state index contributed by atoms with van der Waals surface area (Å²) in [6.07, 6.45) is 0.481. The molecule has 0 saturated carbocycles. The van der Waals surface area contributed by atoms with Crippen molar-refractivity contribution in [3.05, 3.63) is 58.6 Å². The van der Waals surface area contributed by atoms with Gasteiger partial charge in [0, 0.05) is 6.54 Å². The number of carbonyl (C=O) groups is 3. The number of benzene rings is 2. The highest BCUT2D eigenvalue weighted by molar-refractivity contribution is 7.08. The van der Waals surface area contributed by atoms with Gasteiger partial charge in [-0.25, -0.2) is 0 Å². The molecule has 2 aliphatic heterocycles. The normalized spacial score (nSPS) is 19.4. The SMILES string of the molecule is COc1ccc(-c2ccc3c(c2)C(=O)N2CC[C@@H](NC(=O)c4snnc4C)[C@H]2C(=O)N3)cc1. The standard InChI is InChI=1S/C23H21N5O4S/c1-12-20(33-27-26-12)22(30)25-18-9-10-28-19(18)21(29)24-17-8-5-14(11-16(17)23(28)31)13-3-6-15(32-2)7-4-13/h3-8,11,18-19H,9-10H2,1-2H3,(H,24,29)(H,25,30)/t18-,19+/m1/s1. The smallest absolute Gasteiger partial charge is 0.265 e. The number of aromatic nitrogens is 2. The molecule has 0 unspecified atom stereocenters. The van der Waals surface area contributed by atoms with Crippen molar-refractivity contribution in [2.75, 3.05) is 19.0 Å². The topological polar surface area (TPSA) is 114 Å². The molecular formula is C23H21N5O4S. The average Bonchev–Trinajstić information content (AvgIpc) is 3.42. The molecule has 168 valence electrons. The molecule has 9 nitrogen and oxygen atoms in total. The zero-order chi connectivity index (χ0) is 23.1. The van der Waals surface area contributed by atoms with Crippen molar-refractivity contribution >= 4 is 34.9 Å². The number of nitrogens with one attached hydrogen (secondary N) is 2. The van der Waals surface area contributed by atoms with Crippen molar-refractivity contribution in [2.24, 2.45) is 0 Å². The average molecular weight is 464 g/mol. The molecule has 2 atom stereocenters. The van der Waals surface area contributed by atoms with Gasteiger partial charge < -0.3 is 20.3 Å². The van der Waals surface area contributed by atoms with Crippen molar-refractivity contribution in [3.8, 4) is 16.9 Å². The van der Waals surface area contributed by atoms with Gasteiger partial charge in [0.25, 0.3) is 11.8 Å². The minimum Gasteiger partial charge on any atom is -0.497 e. The fourth-order valence-corrected chi connectivity index (χ4v) is 4.88. The third-order valence-electron chi connectivity index (χ3n) is 6.03. The molecule has 0 radical (unpaired) electrons. The number of fused-ring (bicyclic) bond motifs is 2. The van der Waals surface area contributed by atoms with Gasteiger partial charge in [-0.3, -0.25) is 14.4 Å². The summed E-state index contributed by atoms with van der Waals surface area (Å²) >= 11 is 1.01. The molecule has 0 spiro atoms. The summed E-state index contributed by atoms with van der Waals surface area (Å²) in [4.78, 5) is 41.1. The molecule has 2 aromatic carbocycles. The predicted octanol–water partition coefficient (Wildman–Crippen LogP) is 2.49. The molecule has 1 saturated heterocycles. The van der Waals surface area contributed by atoms with E-state index in [0.29, 0.717) is 34.8 Å². The van der Waals surface area contributed by atoms with Gasteiger partial charge in [-0.1, -0.05) is 22.7 Å². The first-order chi connectivity index (χ1) is 16.0. The van der Waals surface area contributed by atoms with Crippen molar-refractivity contribution < 1.29 is 19.1 Å². The van der Waals surface area contributed by atoms with Crippen LogP contribution in [0.1, 0.15) is 32.1 Å². The van der Waals surface area contributed by atoms with E-state index in [1.807, 2.05) is 30.3 Å². The number of carbonyl (C=O) groups excluding carboxylic acids is 3. The van der Waals surface area contributed by atoms with Gasteiger partial charge in [-0.15, -0.1) is 5.10 Å². The maximum absolute atomic E-state index is 13.4. The molecule has 3 heterocycles. The summed E-state index contributed by atoms with van der Waals surface area (Å²) in [5.41, 5.74) is 3.21. The number of hydrogen-bond acceptors (Lipinski definition) is 7. The second kappa shape index (κ2) is 8.28. The Morgan fingerprint density at radius 2 is 1.94 bits per heavy atom. The number of anilines is 1. The monoisotopic (exact) mass is 463 g/mol. The van der Waals surface area contributed by atoms with Gasteiger partial charge >= 0.3 is 0 Å². The fraction of sp³-hybridized carbons (Fsp3) is 0.261. The van der Waals surface area contributed by atoms with E-state index in [4.69, 9.17) is 4.74 Å². The van der Waals surface area contributed by atoms with Gasteiger partial charge in [0.2, 0.25) is 5.91 Å². The molecule has 2 N–H and O–H groups in total. The molecule has 5 rings (SSSR count). The summed E-state index contributed by atoms with van der Waals surface area (Å²) in [7, 11) is 1.61. The Morgan fingerprint density at radius 3 is 2.64 bits per heavy atom. The lowest BCUT2D eigenvalue weighted by Crippen LogP contribution is -2.51. The molecule has 0 bridgehead atoms. The predicted molar refractivity (Wildman–Crippen MR) is 122 cm³/mol. The Balaban J connectivity index is 1.42. The molecule has 33 heavy (non-hydrogen) atoms. The molecule has 2 aliphatic rings. The van der Waals surface area contributed by atoms with E-state index < -0.39 is 12.1 Å². The maximum Gasteiger partial charge on any atom is 0.265 e. The van der Waals surface area contributed by atoms with Gasteiger partial charge in [-0.05, 0) is 60.3 Å². The quantitative estimate of drug-likeness (QED) is 0.615. The van der Waals surface area contributed by atoms with Crippen LogP contribution in [0.25, 0.3) is 11.1 Å². The van der Waals surface area contributed by atoms with Crippen LogP contribution in [0.5, 0.6) is 5.75 Å². The summed E-state index contributed by atoms with van der Waals surface area (Å²) in [6, 6.07) is 11.7. The Hall–Kier alpha value is -3.79. The fourth-order valence-electron chi connectivity index (χ4n) is 4.32. The number of methoxy groups -OCH3 is 1. The molecular weight excluding hydrogens is 442 g/mol. The molecule has 3 aromatic rings. The van der Waals surface area contributed by atoms with Crippen molar-refractivity contribution in [3.63, 3.8) is 0 Å². The maximum atomic E-state index is 13.4. The van der Waals surface area contributed by atoms with Crippen LogP contribution in [0, 0.1) is 6.92 Å². The van der Waals surface area contributed by atoms with Crippen LogP contribution >= 0.6 is 11.5 Å². The molecule has 0 aliphatic carbocycles. The first kappa shape index (κ1) is 21.1. The molecule has 1 aromatic heterocycles. The van der Waals surface area contributed by atoms with E-state index in [9.17, 15) is 14.4 Å². The number of hydrogen-bond donors (Lipinski definition) is 2. The van der Waals surface area contributed by atoms with Crippen LogP contribution in [0.15, 0.2) is 42.5 Å². The van der Waals surface area contributed by atoms with Crippen LogP contribution in [0.3, 0.4) is 0 Å². The van der Waals surface area contributed by atoms with Gasteiger partial charge in [0.05, 0.1) is 30.1 Å². The number of nitrogens with zero attached hydrogens (tertiary/aromatic N) is 3. The zero-order valence-corrected chi connectivity index (χ0v) is 18.8. The van der Waals surface area contributed by atoms with E-state index >= 15 is 0 Å². The minimum absolute atomic E-state index is 0.240. The Bertz CT molecular complexity index is 1260. The van der Waals surface area contributed by atoms with Gasteiger partial charge in [-0.2, -0.15) is 0 Å². The Labute approximate surface area is 193 Å². The van der Waals surface area contributed by atoms with E-state index in [1.165, 1.54) is 0 Å². The van der Waals surface area contributed by atoms with Crippen LogP contribution in [0.2, 0.25) is 0 Å². The molecule has 1 fully saturated rings. The third kappa shape index (κ3) is 3.72. The number of aryl methyl sites for hydroxylation is 1. The third-order valence-corrected chi connectivity index (χ3v) is 6.86. The van der Waals surface area contributed by atoms with Crippen LogP contribution in [-0.2, 0) is 4.79 Å². The highest BCUT2D eigenvalue weighted by atomic mass is 32.1. The zero-order valence-electron chi connectivity index (χ0n) is 18.0. The van der Waals surface area contributed by atoms with Gasteiger partial charge in [0.1, 0.15) is 16.7 Å². The molecule has 3 amide bonds. The first-order valence-corrected chi connectivity index (χ1v) is 11.2. The first-order valence-electron chi connectivity index (χ1n) is 10.5.